The highest BCUT2D eigenvalue weighted by molar-refractivity contribution is 5.20. The summed E-state index contributed by atoms with van der Waals surface area (Å²) in [5.41, 5.74) is 0. The van der Waals surface area contributed by atoms with Crippen LogP contribution in [0.2, 0.25) is 0 Å². The average Bonchev–Trinajstić information content (AvgIpc) is 2.68. The fraction of sp³-hybridized carbons (Fsp3) is 0.407. The molecule has 0 rings (SSSR count). The third kappa shape index (κ3) is 23.9. The molecule has 1 radical (unpaired) electrons. The molecule has 0 saturated heterocycles. The number of hydrogen-bond donors (Lipinski definition) is 0. The Balaban J connectivity index is 3.53. The maximum Gasteiger partial charge on any atom is -0.0348 e. The van der Waals surface area contributed by atoms with Gasteiger partial charge >= 0.3 is 0 Å². The summed E-state index contributed by atoms with van der Waals surface area (Å²) in [6, 6.07) is 0. The first-order valence-electron chi connectivity index (χ1n) is 10.6. The van der Waals surface area contributed by atoms with E-state index in [-0.39, 0.29) is 0 Å². The Morgan fingerprint density at radius 1 is 0.444 bits per heavy atom. The smallest absolute Gasteiger partial charge is 0.0348 e. The molecule has 0 heteroatoms. The Bertz CT molecular complexity index is 506. The van der Waals surface area contributed by atoms with Crippen molar-refractivity contribution >= 4 is 0 Å². The quantitative estimate of drug-likeness (QED) is 0.179. The molecule has 0 amide bonds. The molecule has 0 bridgehead atoms. The lowest BCUT2D eigenvalue weighted by Crippen LogP contribution is -1.80. The SMILES string of the molecule is [CH]=C/C=C/C=C/C=C/C=C/C=C/C=C/C=C/CCCCCCCCCCC. The van der Waals surface area contributed by atoms with Crippen LogP contribution in [0.15, 0.2) is 91.1 Å². The molecule has 0 aromatic carbocycles. The molecule has 0 nitrogen and oxygen atoms in total. The van der Waals surface area contributed by atoms with Gasteiger partial charge in [0.05, 0.1) is 0 Å². The second kappa shape index (κ2) is 23.9. The van der Waals surface area contributed by atoms with Gasteiger partial charge in [-0.3, -0.25) is 0 Å². The second-order valence-corrected chi connectivity index (χ2v) is 6.55. The van der Waals surface area contributed by atoms with E-state index in [1.54, 1.807) is 6.08 Å². The number of hydrogen-bond acceptors (Lipinski definition) is 0. The maximum atomic E-state index is 5.23. The van der Waals surface area contributed by atoms with Crippen molar-refractivity contribution in [2.75, 3.05) is 0 Å². The fourth-order valence-corrected chi connectivity index (χ4v) is 2.52. The zero-order valence-corrected chi connectivity index (χ0v) is 17.3. The summed E-state index contributed by atoms with van der Waals surface area (Å²) >= 11 is 0. The van der Waals surface area contributed by atoms with Gasteiger partial charge in [-0.25, -0.2) is 0 Å². The van der Waals surface area contributed by atoms with Crippen molar-refractivity contribution in [3.63, 3.8) is 0 Å². The van der Waals surface area contributed by atoms with Gasteiger partial charge in [0, 0.05) is 0 Å². The Labute approximate surface area is 169 Å². The minimum absolute atomic E-state index is 1.20. The van der Waals surface area contributed by atoms with E-state index in [1.807, 2.05) is 54.7 Å². The summed E-state index contributed by atoms with van der Waals surface area (Å²) in [6.07, 6.45) is 43.5. The van der Waals surface area contributed by atoms with Crippen molar-refractivity contribution in [2.24, 2.45) is 0 Å². The van der Waals surface area contributed by atoms with Gasteiger partial charge in [0.2, 0.25) is 0 Å². The molecule has 0 aliphatic rings. The summed E-state index contributed by atoms with van der Waals surface area (Å²) < 4.78 is 0. The van der Waals surface area contributed by atoms with Crippen LogP contribution in [0.4, 0.5) is 0 Å². The van der Waals surface area contributed by atoms with Gasteiger partial charge in [-0.05, 0) is 12.8 Å². The third-order valence-electron chi connectivity index (χ3n) is 4.05. The molecular weight excluding hydrogens is 324 g/mol. The molecule has 147 valence electrons. The number of unbranched alkanes of at least 4 members (excludes halogenated alkanes) is 9. The molecule has 0 aromatic heterocycles. The van der Waals surface area contributed by atoms with E-state index in [2.05, 4.69) is 31.2 Å². The van der Waals surface area contributed by atoms with Gasteiger partial charge in [0.15, 0.2) is 0 Å². The summed E-state index contributed by atoms with van der Waals surface area (Å²) in [7, 11) is 0. The standard InChI is InChI=1S/C27H39/c1-3-5-7-9-11-13-15-17-19-21-23-25-27-26-24-22-20-18-16-14-12-10-8-6-4-2/h1,3,5,7,9,11,13,15,17,19,21,23-27H,4,6,8,10,12,14,16,18,20,22H2,2H3/b3-1?,7-5+,11-9+,15-13+,19-17+,23-21+,26-24+,27-25+. The molecular formula is C27H39. The second-order valence-electron chi connectivity index (χ2n) is 6.55. The van der Waals surface area contributed by atoms with Crippen LogP contribution in [0.1, 0.15) is 71.1 Å². The van der Waals surface area contributed by atoms with Gasteiger partial charge in [0.25, 0.3) is 0 Å². The average molecular weight is 364 g/mol. The number of allylic oxidation sites excluding steroid dienone is 15. The van der Waals surface area contributed by atoms with Gasteiger partial charge in [-0.2, -0.15) is 0 Å². The van der Waals surface area contributed by atoms with E-state index in [4.69, 9.17) is 6.58 Å². The zero-order valence-electron chi connectivity index (χ0n) is 17.3. The largest absolute Gasteiger partial charge is 0.0845 e. The molecule has 0 atom stereocenters. The normalized spacial score (nSPS) is 13.2. The van der Waals surface area contributed by atoms with Gasteiger partial charge in [-0.15, -0.1) is 0 Å². The fourth-order valence-electron chi connectivity index (χ4n) is 2.52. The van der Waals surface area contributed by atoms with Crippen molar-refractivity contribution in [3.8, 4) is 0 Å². The van der Waals surface area contributed by atoms with Crippen LogP contribution in [0, 0.1) is 6.58 Å². The van der Waals surface area contributed by atoms with E-state index in [9.17, 15) is 0 Å². The minimum atomic E-state index is 1.20. The van der Waals surface area contributed by atoms with E-state index in [1.165, 1.54) is 70.3 Å². The van der Waals surface area contributed by atoms with Gasteiger partial charge in [0.1, 0.15) is 0 Å². The maximum absolute atomic E-state index is 5.23. The molecule has 0 N–H and O–H groups in total. The summed E-state index contributed by atoms with van der Waals surface area (Å²) in [6.45, 7) is 7.50. The first-order chi connectivity index (χ1) is 13.4. The van der Waals surface area contributed by atoms with Crippen LogP contribution in [0.5, 0.6) is 0 Å². The van der Waals surface area contributed by atoms with Crippen LogP contribution in [0.25, 0.3) is 0 Å². The van der Waals surface area contributed by atoms with E-state index in [0.717, 1.165) is 0 Å². The molecule has 0 aliphatic heterocycles. The summed E-state index contributed by atoms with van der Waals surface area (Å²) in [4.78, 5) is 0. The molecule has 0 spiro atoms. The molecule has 0 aliphatic carbocycles. The van der Waals surface area contributed by atoms with Gasteiger partial charge < -0.3 is 0 Å². The topological polar surface area (TPSA) is 0 Å². The molecule has 0 fully saturated rings. The first-order valence-corrected chi connectivity index (χ1v) is 10.6. The number of rotatable bonds is 17. The van der Waals surface area contributed by atoms with E-state index >= 15 is 0 Å². The molecule has 0 unspecified atom stereocenters. The van der Waals surface area contributed by atoms with Gasteiger partial charge in [-0.1, -0.05) is 156 Å². The lowest BCUT2D eigenvalue weighted by molar-refractivity contribution is 0.566. The minimum Gasteiger partial charge on any atom is -0.0845 e. The van der Waals surface area contributed by atoms with Crippen LogP contribution in [0.3, 0.4) is 0 Å². The monoisotopic (exact) mass is 363 g/mol. The zero-order chi connectivity index (χ0) is 19.7. The van der Waals surface area contributed by atoms with Crippen LogP contribution >= 0.6 is 0 Å². The van der Waals surface area contributed by atoms with Crippen LogP contribution in [-0.4, -0.2) is 0 Å². The third-order valence-corrected chi connectivity index (χ3v) is 4.05. The van der Waals surface area contributed by atoms with Crippen molar-refractivity contribution in [1.82, 2.24) is 0 Å². The van der Waals surface area contributed by atoms with Crippen LogP contribution in [-0.2, 0) is 0 Å². The first kappa shape index (κ1) is 24.9. The molecule has 27 heavy (non-hydrogen) atoms. The summed E-state index contributed by atoms with van der Waals surface area (Å²) in [5, 5.41) is 0. The lowest BCUT2D eigenvalue weighted by Gasteiger charge is -2.00. The molecule has 0 aromatic rings. The predicted octanol–water partition coefficient (Wildman–Crippen LogP) is 8.79. The predicted molar refractivity (Wildman–Crippen MR) is 125 cm³/mol. The van der Waals surface area contributed by atoms with Crippen molar-refractivity contribution in [2.45, 2.75) is 71.1 Å². The highest BCUT2D eigenvalue weighted by Gasteiger charge is 1.90. The molecule has 0 saturated carbocycles. The summed E-state index contributed by atoms with van der Waals surface area (Å²) in [5.74, 6) is 0. The van der Waals surface area contributed by atoms with Crippen molar-refractivity contribution in [3.05, 3.63) is 97.7 Å². The Hall–Kier alpha value is -2.08. The van der Waals surface area contributed by atoms with Crippen molar-refractivity contribution in [1.29, 1.82) is 0 Å². The lowest BCUT2D eigenvalue weighted by atomic mass is 10.1. The molecule has 0 heterocycles. The van der Waals surface area contributed by atoms with Crippen molar-refractivity contribution < 1.29 is 0 Å². The van der Waals surface area contributed by atoms with E-state index < -0.39 is 0 Å². The van der Waals surface area contributed by atoms with Crippen LogP contribution < -0.4 is 0 Å². The Morgan fingerprint density at radius 3 is 1.26 bits per heavy atom. The Morgan fingerprint density at radius 2 is 0.815 bits per heavy atom. The highest BCUT2D eigenvalue weighted by Crippen LogP contribution is 2.10. The van der Waals surface area contributed by atoms with E-state index in [0.29, 0.717) is 0 Å². The highest BCUT2D eigenvalue weighted by atomic mass is 14.0. The Kier molecular flexibility index (Phi) is 22.1.